The van der Waals surface area contributed by atoms with Crippen LogP contribution in [0.4, 0.5) is 0 Å². The van der Waals surface area contributed by atoms with Crippen LogP contribution in [0.1, 0.15) is 27.3 Å². The fourth-order valence-electron chi connectivity index (χ4n) is 2.56. The molecule has 0 atom stereocenters. The van der Waals surface area contributed by atoms with Gasteiger partial charge in [0.15, 0.2) is 6.29 Å². The fraction of sp³-hybridized carbons (Fsp3) is 0.200. The number of aryl methyl sites for hydroxylation is 3. The lowest BCUT2D eigenvalue weighted by Gasteiger charge is -2.01. The molecule has 0 amide bonds. The second-order valence-electron chi connectivity index (χ2n) is 4.92. The molecule has 19 heavy (non-hydrogen) atoms. The number of aromatic nitrogens is 3. The zero-order valence-corrected chi connectivity index (χ0v) is 11.2. The van der Waals surface area contributed by atoms with E-state index in [2.05, 4.69) is 40.9 Å². The fourth-order valence-corrected chi connectivity index (χ4v) is 2.56. The Balaban J connectivity index is 2.27. The molecule has 0 radical (unpaired) electrons. The van der Waals surface area contributed by atoms with Gasteiger partial charge in [0.05, 0.1) is 0 Å². The lowest BCUT2D eigenvalue weighted by atomic mass is 10.0. The Morgan fingerprint density at radius 1 is 1.21 bits per heavy atom. The Hall–Kier alpha value is -2.36. The lowest BCUT2D eigenvalue weighted by molar-refractivity contribution is 0.111. The summed E-state index contributed by atoms with van der Waals surface area (Å²) < 4.78 is 0. The third kappa shape index (κ3) is 1.76. The van der Waals surface area contributed by atoms with Crippen LogP contribution in [0.2, 0.25) is 0 Å². The van der Waals surface area contributed by atoms with E-state index in [0.29, 0.717) is 5.69 Å². The highest BCUT2D eigenvalue weighted by Crippen LogP contribution is 2.30. The first-order valence-corrected chi connectivity index (χ1v) is 6.20. The molecule has 1 aromatic carbocycles. The first-order chi connectivity index (χ1) is 9.10. The second kappa shape index (κ2) is 4.09. The minimum absolute atomic E-state index is 0.467. The average molecular weight is 253 g/mol. The van der Waals surface area contributed by atoms with Crippen LogP contribution in [0.25, 0.3) is 22.3 Å². The molecule has 0 aliphatic rings. The van der Waals surface area contributed by atoms with Crippen LogP contribution in [0.5, 0.6) is 0 Å². The van der Waals surface area contributed by atoms with Gasteiger partial charge in [-0.15, -0.1) is 0 Å². The summed E-state index contributed by atoms with van der Waals surface area (Å²) in [6.07, 6.45) is 2.71. The summed E-state index contributed by atoms with van der Waals surface area (Å²) in [4.78, 5) is 21.7. The van der Waals surface area contributed by atoms with E-state index in [9.17, 15) is 4.79 Å². The Bertz CT molecular complexity index is 780. The maximum Gasteiger partial charge on any atom is 0.170 e. The van der Waals surface area contributed by atoms with Gasteiger partial charge in [0.25, 0.3) is 0 Å². The number of carbonyl (C=O) groups excluding carboxylic acids is 1. The van der Waals surface area contributed by atoms with E-state index in [1.165, 1.54) is 11.1 Å². The molecule has 0 aliphatic heterocycles. The predicted octanol–water partition coefficient (Wildman–Crippen LogP) is 3.30. The molecule has 4 nitrogen and oxygen atoms in total. The molecular weight excluding hydrogens is 238 g/mol. The number of rotatable bonds is 2. The first kappa shape index (κ1) is 11.7. The molecule has 2 N–H and O–H groups in total. The molecule has 3 rings (SSSR count). The number of hydrogen-bond acceptors (Lipinski definition) is 2. The van der Waals surface area contributed by atoms with Gasteiger partial charge >= 0.3 is 0 Å². The molecule has 0 saturated carbocycles. The summed E-state index contributed by atoms with van der Waals surface area (Å²) in [7, 11) is 0. The summed E-state index contributed by atoms with van der Waals surface area (Å²) >= 11 is 0. The number of carbonyl (C=O) groups is 1. The average Bonchev–Trinajstić information content (AvgIpc) is 2.92. The summed E-state index contributed by atoms with van der Waals surface area (Å²) in [6, 6.07) is 4.26. The Morgan fingerprint density at radius 3 is 2.68 bits per heavy atom. The van der Waals surface area contributed by atoms with Gasteiger partial charge in [0.2, 0.25) is 0 Å². The molecule has 0 saturated heterocycles. The lowest BCUT2D eigenvalue weighted by Crippen LogP contribution is -1.84. The van der Waals surface area contributed by atoms with Crippen LogP contribution >= 0.6 is 0 Å². The molecular formula is C15H15N3O. The number of nitrogens with zero attached hydrogens (tertiary/aromatic N) is 1. The van der Waals surface area contributed by atoms with Gasteiger partial charge in [-0.3, -0.25) is 4.79 Å². The largest absolute Gasteiger partial charge is 0.360 e. The number of aldehydes is 1. The normalized spacial score (nSPS) is 11.1. The minimum atomic E-state index is 0.467. The highest BCUT2D eigenvalue weighted by Gasteiger charge is 2.13. The predicted molar refractivity (Wildman–Crippen MR) is 75.5 cm³/mol. The van der Waals surface area contributed by atoms with Gasteiger partial charge in [0, 0.05) is 28.4 Å². The maximum atomic E-state index is 10.9. The van der Waals surface area contributed by atoms with Gasteiger partial charge in [-0.05, 0) is 38.0 Å². The molecule has 0 bridgehead atoms. The van der Waals surface area contributed by atoms with E-state index in [1.807, 2.05) is 13.1 Å². The molecule has 96 valence electrons. The molecule has 2 aromatic heterocycles. The van der Waals surface area contributed by atoms with E-state index in [1.54, 1.807) is 0 Å². The van der Waals surface area contributed by atoms with Crippen molar-refractivity contribution >= 4 is 17.2 Å². The number of nitrogens with one attached hydrogen (secondary N) is 2. The number of H-pyrrole nitrogens is 2. The first-order valence-electron chi connectivity index (χ1n) is 6.20. The molecule has 3 aromatic rings. The van der Waals surface area contributed by atoms with E-state index in [-0.39, 0.29) is 0 Å². The third-order valence-corrected chi connectivity index (χ3v) is 3.41. The Labute approximate surface area is 110 Å². The Morgan fingerprint density at radius 2 is 2.00 bits per heavy atom. The number of imidazole rings is 1. The zero-order chi connectivity index (χ0) is 13.6. The number of hydrogen-bond donors (Lipinski definition) is 2. The van der Waals surface area contributed by atoms with Gasteiger partial charge in [-0.2, -0.15) is 0 Å². The standard InChI is InChI=1S/C15H15N3O/c1-8-4-9(2)14-11(6-16-12(14)5-8)15-17-10(3)13(7-19)18-15/h4-7,16H,1-3H3,(H,17,18). The van der Waals surface area contributed by atoms with Crippen molar-refractivity contribution in [3.8, 4) is 11.4 Å². The molecule has 0 fully saturated rings. The molecule has 0 unspecified atom stereocenters. The van der Waals surface area contributed by atoms with Gasteiger partial charge in [0.1, 0.15) is 11.5 Å². The maximum absolute atomic E-state index is 10.9. The molecule has 0 spiro atoms. The monoisotopic (exact) mass is 253 g/mol. The second-order valence-corrected chi connectivity index (χ2v) is 4.92. The van der Waals surface area contributed by atoms with E-state index in [0.717, 1.165) is 34.3 Å². The van der Waals surface area contributed by atoms with Crippen LogP contribution in [-0.2, 0) is 0 Å². The zero-order valence-electron chi connectivity index (χ0n) is 11.2. The van der Waals surface area contributed by atoms with Crippen LogP contribution < -0.4 is 0 Å². The molecule has 0 aliphatic carbocycles. The van der Waals surface area contributed by atoms with Crippen molar-refractivity contribution in [3.05, 3.63) is 40.8 Å². The van der Waals surface area contributed by atoms with E-state index < -0.39 is 0 Å². The van der Waals surface area contributed by atoms with Crippen LogP contribution in [0, 0.1) is 20.8 Å². The molecule has 2 heterocycles. The molecule has 4 heteroatoms. The van der Waals surface area contributed by atoms with Crippen LogP contribution in [-0.4, -0.2) is 21.2 Å². The van der Waals surface area contributed by atoms with E-state index >= 15 is 0 Å². The number of benzene rings is 1. The highest BCUT2D eigenvalue weighted by atomic mass is 16.1. The SMILES string of the molecule is Cc1cc(C)c2c(-c3nc(C=O)c(C)[nH]3)c[nH]c2c1. The smallest absolute Gasteiger partial charge is 0.170 e. The van der Waals surface area contributed by atoms with Crippen molar-refractivity contribution < 1.29 is 4.79 Å². The summed E-state index contributed by atoms with van der Waals surface area (Å²) in [5.41, 5.74) is 5.78. The quantitative estimate of drug-likeness (QED) is 0.688. The summed E-state index contributed by atoms with van der Waals surface area (Å²) in [6.45, 7) is 6.02. The summed E-state index contributed by atoms with van der Waals surface area (Å²) in [5, 5.41) is 1.15. The van der Waals surface area contributed by atoms with Gasteiger partial charge in [-0.25, -0.2) is 4.98 Å². The third-order valence-electron chi connectivity index (χ3n) is 3.41. The van der Waals surface area contributed by atoms with E-state index in [4.69, 9.17) is 0 Å². The van der Waals surface area contributed by atoms with Gasteiger partial charge in [-0.1, -0.05) is 6.07 Å². The Kier molecular flexibility index (Phi) is 2.52. The van der Waals surface area contributed by atoms with Crippen molar-refractivity contribution in [1.29, 1.82) is 0 Å². The number of fused-ring (bicyclic) bond motifs is 1. The number of aromatic amines is 2. The van der Waals surface area contributed by atoms with Crippen molar-refractivity contribution in [2.45, 2.75) is 20.8 Å². The van der Waals surface area contributed by atoms with Gasteiger partial charge < -0.3 is 9.97 Å². The van der Waals surface area contributed by atoms with Crippen molar-refractivity contribution in [3.63, 3.8) is 0 Å². The topological polar surface area (TPSA) is 61.5 Å². The minimum Gasteiger partial charge on any atom is -0.360 e. The highest BCUT2D eigenvalue weighted by molar-refractivity contribution is 5.97. The van der Waals surface area contributed by atoms with Crippen molar-refractivity contribution in [2.75, 3.05) is 0 Å². The summed E-state index contributed by atoms with van der Waals surface area (Å²) in [5.74, 6) is 0.734. The van der Waals surface area contributed by atoms with Crippen LogP contribution in [0.15, 0.2) is 18.3 Å². The van der Waals surface area contributed by atoms with Crippen molar-refractivity contribution in [2.24, 2.45) is 0 Å². The van der Waals surface area contributed by atoms with Crippen LogP contribution in [0.3, 0.4) is 0 Å². The van der Waals surface area contributed by atoms with Crippen molar-refractivity contribution in [1.82, 2.24) is 15.0 Å².